The summed E-state index contributed by atoms with van der Waals surface area (Å²) in [5, 5.41) is 59.8. The minimum atomic E-state index is -2.11. The van der Waals surface area contributed by atoms with Crippen LogP contribution in [0, 0.1) is 97.1 Å². The summed E-state index contributed by atoms with van der Waals surface area (Å²) in [5.41, 5.74) is -2.11. The molecule has 0 aliphatic carbocycles. The number of rotatable bonds is 0. The number of carbonyl (C=O) groups excluding carboxylic acids is 1. The topological polar surface area (TPSA) is 207 Å². The fourth-order valence-electron chi connectivity index (χ4n) is 0.175. The molecule has 0 N–H and O–H groups in total. The molecule has 0 saturated heterocycles. The largest absolute Gasteiger partial charge is 2.00 e. The van der Waals surface area contributed by atoms with Crippen molar-refractivity contribution in [3.63, 3.8) is 0 Å². The molecule has 0 aromatic carbocycles. The fraction of sp³-hybridized carbons (Fsp3) is 0.100. The maximum absolute atomic E-state index is 9.46. The zero-order chi connectivity index (χ0) is 16.3. The maximum Gasteiger partial charge on any atom is 2.00 e. The van der Waals surface area contributed by atoms with Crippen LogP contribution < -0.4 is 0 Å². The summed E-state index contributed by atoms with van der Waals surface area (Å²) >= 11 is 0. The standard InChI is InChI=1S/C5N4.C3N2O.2CN.Mn/c6-1-5(2-7,3-8)4-9;4-1-3(6)2-5;2*1-2;/q;;2*-1;+2. The molecule has 0 atom stereocenters. The Morgan fingerprint density at radius 2 is 0.900 bits per heavy atom. The van der Waals surface area contributed by atoms with Crippen LogP contribution in [-0.2, 0) is 21.9 Å². The van der Waals surface area contributed by atoms with Crippen LogP contribution in [0.1, 0.15) is 0 Å². The normalized spacial score (nSPS) is 5.10. The van der Waals surface area contributed by atoms with Crippen LogP contribution in [0.25, 0.3) is 0 Å². The molecule has 0 bridgehead atoms. The van der Waals surface area contributed by atoms with Gasteiger partial charge in [-0.05, 0) is 0 Å². The third-order valence-electron chi connectivity index (χ3n) is 0.874. The number of nitriles is 6. The molecule has 0 heterocycles. The summed E-state index contributed by atoms with van der Waals surface area (Å²) in [5.74, 6) is -1.05. The summed E-state index contributed by atoms with van der Waals surface area (Å²) in [6.07, 6.45) is 0. The van der Waals surface area contributed by atoms with E-state index in [4.69, 9.17) is 55.2 Å². The van der Waals surface area contributed by atoms with Gasteiger partial charge < -0.3 is 23.7 Å². The Kier molecular flexibility index (Phi) is 36.3. The fourth-order valence-corrected chi connectivity index (χ4v) is 0.175. The molecule has 0 spiro atoms. The van der Waals surface area contributed by atoms with Crippen molar-refractivity contribution in [3.8, 4) is 36.4 Å². The van der Waals surface area contributed by atoms with E-state index in [0.717, 1.165) is 12.1 Å². The summed E-state index contributed by atoms with van der Waals surface area (Å²) in [7, 11) is 0. The molecule has 0 aliphatic heterocycles. The Hall–Kier alpha value is -3.89. The SMILES string of the molecule is N#CC(=O)C#N.N#CC(C#N)(C#N)C#N.[C-]#N.[C-]#N.[Mn+2]. The second kappa shape index (κ2) is 24.4. The van der Waals surface area contributed by atoms with E-state index in [1.165, 1.54) is 24.3 Å². The van der Waals surface area contributed by atoms with Crippen LogP contribution >= 0.6 is 0 Å². The van der Waals surface area contributed by atoms with Gasteiger partial charge in [0.1, 0.15) is 24.3 Å². The first kappa shape index (κ1) is 29.8. The summed E-state index contributed by atoms with van der Waals surface area (Å²) in [4.78, 5) is 9.46. The molecule has 0 aliphatic rings. The molecule has 20 heavy (non-hydrogen) atoms. The van der Waals surface area contributed by atoms with Crippen molar-refractivity contribution < 1.29 is 21.9 Å². The Bertz CT molecular complexity index is 495. The molecule has 0 fully saturated rings. The van der Waals surface area contributed by atoms with Gasteiger partial charge in [0.2, 0.25) is 0 Å². The van der Waals surface area contributed by atoms with Gasteiger partial charge in [0.15, 0.2) is 12.1 Å². The Labute approximate surface area is 125 Å². The first-order valence-electron chi connectivity index (χ1n) is 3.49. The van der Waals surface area contributed by atoms with E-state index in [9.17, 15) is 4.79 Å². The van der Waals surface area contributed by atoms with Gasteiger partial charge in [-0.25, -0.2) is 0 Å². The van der Waals surface area contributed by atoms with Crippen molar-refractivity contribution in [3.05, 3.63) is 13.1 Å². The van der Waals surface area contributed by atoms with Crippen LogP contribution in [0.2, 0.25) is 0 Å². The second-order valence-corrected chi connectivity index (χ2v) is 1.75. The van der Waals surface area contributed by atoms with Crippen molar-refractivity contribution in [2.24, 2.45) is 5.41 Å². The van der Waals surface area contributed by atoms with Gasteiger partial charge in [0.25, 0.3) is 0 Å². The van der Waals surface area contributed by atoms with Crippen molar-refractivity contribution >= 4 is 5.78 Å². The number of carbonyl (C=O) groups is 1. The van der Waals surface area contributed by atoms with Gasteiger partial charge in [0, 0.05) is 0 Å². The summed E-state index contributed by atoms with van der Waals surface area (Å²) < 4.78 is 0. The molecule has 93 valence electrons. The minimum Gasteiger partial charge on any atom is -0.512 e. The van der Waals surface area contributed by atoms with Gasteiger partial charge in [-0.2, -0.15) is 31.6 Å². The third kappa shape index (κ3) is 16.5. The van der Waals surface area contributed by atoms with Crippen LogP contribution in [0.4, 0.5) is 0 Å². The van der Waals surface area contributed by atoms with Gasteiger partial charge in [0.05, 0.1) is 0 Å². The molecule has 0 rings (SSSR count). The van der Waals surface area contributed by atoms with E-state index in [1.807, 2.05) is 0 Å². The number of nitrogens with zero attached hydrogens (tertiary/aromatic N) is 8. The minimum absolute atomic E-state index is 0. The Balaban J connectivity index is -0.0000000598. The predicted molar refractivity (Wildman–Crippen MR) is 51.1 cm³/mol. The quantitative estimate of drug-likeness (QED) is 0.330. The Morgan fingerprint density at radius 3 is 0.900 bits per heavy atom. The van der Waals surface area contributed by atoms with Crippen LogP contribution in [0.15, 0.2) is 0 Å². The molecule has 0 aromatic heterocycles. The van der Waals surface area contributed by atoms with E-state index in [0.29, 0.717) is 0 Å². The molecular formula is C10MnN8O. The van der Waals surface area contributed by atoms with Crippen molar-refractivity contribution in [2.75, 3.05) is 0 Å². The van der Waals surface area contributed by atoms with E-state index < -0.39 is 11.2 Å². The molecular weight excluding hydrogens is 303 g/mol. The average Bonchev–Trinajstić information content (AvgIpc) is 2.54. The maximum atomic E-state index is 9.46. The summed E-state index contributed by atoms with van der Waals surface area (Å²) in [6.45, 7) is 9.50. The zero-order valence-corrected chi connectivity index (χ0v) is 10.5. The molecule has 10 heteroatoms. The average molecular weight is 303 g/mol. The van der Waals surface area contributed by atoms with Crippen LogP contribution in [-0.4, -0.2) is 5.78 Å². The zero-order valence-electron chi connectivity index (χ0n) is 9.36. The van der Waals surface area contributed by atoms with Gasteiger partial charge in [-0.15, -0.1) is 0 Å². The number of hydrogen-bond donors (Lipinski definition) is 0. The second-order valence-electron chi connectivity index (χ2n) is 1.75. The molecule has 0 unspecified atom stereocenters. The van der Waals surface area contributed by atoms with Crippen molar-refractivity contribution in [1.29, 1.82) is 42.1 Å². The smallest absolute Gasteiger partial charge is 0.512 e. The monoisotopic (exact) mass is 303 g/mol. The first-order valence-corrected chi connectivity index (χ1v) is 3.49. The first-order chi connectivity index (χ1) is 9.05. The Morgan fingerprint density at radius 1 is 0.700 bits per heavy atom. The van der Waals surface area contributed by atoms with E-state index in [-0.39, 0.29) is 17.1 Å². The number of hydrogen-bond acceptors (Lipinski definition) is 9. The number of ketones is 1. The third-order valence-corrected chi connectivity index (χ3v) is 0.874. The van der Waals surface area contributed by atoms with Gasteiger partial charge >= 0.3 is 28.3 Å². The molecule has 0 saturated carbocycles. The van der Waals surface area contributed by atoms with E-state index in [1.54, 1.807) is 0 Å². The molecule has 1 radical (unpaired) electrons. The van der Waals surface area contributed by atoms with Crippen LogP contribution in [0.3, 0.4) is 0 Å². The van der Waals surface area contributed by atoms with Gasteiger partial charge in [-0.3, -0.25) is 4.79 Å². The van der Waals surface area contributed by atoms with E-state index in [2.05, 4.69) is 0 Å². The number of Topliss-reactive ketones (excluding diaryl/α,β-unsaturated/α-hetero) is 1. The van der Waals surface area contributed by atoms with Gasteiger partial charge in [-0.1, -0.05) is 0 Å². The molecule has 0 aromatic rings. The molecule has 9 nitrogen and oxygen atoms in total. The predicted octanol–water partition coefficient (Wildman–Crippen LogP) is -0.140. The van der Waals surface area contributed by atoms with Crippen molar-refractivity contribution in [2.45, 2.75) is 0 Å². The van der Waals surface area contributed by atoms with Crippen LogP contribution in [0.5, 0.6) is 0 Å². The molecule has 0 amide bonds. The van der Waals surface area contributed by atoms with Crippen molar-refractivity contribution in [1.82, 2.24) is 0 Å². The summed E-state index contributed by atoms with van der Waals surface area (Å²) in [6, 6.07) is 7.35. The van der Waals surface area contributed by atoms with E-state index >= 15 is 0 Å².